The molecular weight excluding hydrogens is 340 g/mol. The number of aromatic nitrogens is 5. The summed E-state index contributed by atoms with van der Waals surface area (Å²) < 4.78 is 7.57. The third-order valence-electron chi connectivity index (χ3n) is 4.81. The third kappa shape index (κ3) is 4.49. The van der Waals surface area contributed by atoms with Gasteiger partial charge in [0.05, 0.1) is 18.8 Å². The molecule has 2 aromatic heterocycles. The van der Waals surface area contributed by atoms with Crippen LogP contribution in [0, 0.1) is 6.92 Å². The van der Waals surface area contributed by atoms with E-state index >= 15 is 0 Å². The molecule has 1 N–H and O–H groups in total. The van der Waals surface area contributed by atoms with Gasteiger partial charge in [0.15, 0.2) is 5.82 Å². The molecule has 0 radical (unpaired) electrons. The molecule has 1 aliphatic heterocycles. The summed E-state index contributed by atoms with van der Waals surface area (Å²) in [6, 6.07) is 12.5. The Morgan fingerprint density at radius 2 is 2.11 bits per heavy atom. The first-order chi connectivity index (χ1) is 13.3. The molecule has 1 unspecified atom stereocenters. The first-order valence-electron chi connectivity index (χ1n) is 9.36. The van der Waals surface area contributed by atoms with Crippen molar-refractivity contribution in [1.82, 2.24) is 24.7 Å². The van der Waals surface area contributed by atoms with Crippen molar-refractivity contribution in [3.05, 3.63) is 65.6 Å². The quantitative estimate of drug-likeness (QED) is 0.695. The smallest absolute Gasteiger partial charge is 0.152 e. The highest BCUT2D eigenvalue weighted by molar-refractivity contribution is 5.37. The predicted octanol–water partition coefficient (Wildman–Crippen LogP) is 2.74. The van der Waals surface area contributed by atoms with Crippen LogP contribution in [0.25, 0.3) is 0 Å². The lowest BCUT2D eigenvalue weighted by atomic mass is 10.0. The average Bonchev–Trinajstić information content (AvgIpc) is 3.37. The molecule has 1 aromatic carbocycles. The molecular formula is C20H24N6O. The van der Waals surface area contributed by atoms with Crippen LogP contribution >= 0.6 is 0 Å². The lowest BCUT2D eigenvalue weighted by Crippen LogP contribution is -2.12. The Labute approximate surface area is 158 Å². The summed E-state index contributed by atoms with van der Waals surface area (Å²) in [5.41, 5.74) is 2.35. The third-order valence-corrected chi connectivity index (χ3v) is 4.81. The minimum absolute atomic E-state index is 0.363. The highest BCUT2D eigenvalue weighted by Gasteiger charge is 2.20. The van der Waals surface area contributed by atoms with Crippen LogP contribution in [0.1, 0.15) is 35.2 Å². The standard InChI is InChI=1S/C20H24N6O/c1-15-23-18(17-8-10-27-13-17)11-19(24-15)21-12-20-25-22-14-26(20)9-7-16-5-3-2-4-6-16/h2-6,11,14,17H,7-10,12-13H2,1H3,(H,21,23,24). The van der Waals surface area contributed by atoms with Gasteiger partial charge in [-0.25, -0.2) is 9.97 Å². The Hall–Kier alpha value is -2.80. The summed E-state index contributed by atoms with van der Waals surface area (Å²) in [4.78, 5) is 9.08. The van der Waals surface area contributed by atoms with Crippen LogP contribution in [-0.2, 0) is 24.2 Å². The number of benzene rings is 1. The first kappa shape index (κ1) is 17.6. The lowest BCUT2D eigenvalue weighted by Gasteiger charge is -2.12. The monoisotopic (exact) mass is 364 g/mol. The van der Waals surface area contributed by atoms with Crippen LogP contribution in [0.15, 0.2) is 42.7 Å². The molecule has 0 amide bonds. The Kier molecular flexibility index (Phi) is 5.39. The number of ether oxygens (including phenoxy) is 1. The van der Waals surface area contributed by atoms with Gasteiger partial charge in [-0.2, -0.15) is 0 Å². The van der Waals surface area contributed by atoms with Crippen molar-refractivity contribution >= 4 is 5.82 Å². The number of aryl methyl sites for hydroxylation is 3. The molecule has 0 aliphatic carbocycles. The highest BCUT2D eigenvalue weighted by atomic mass is 16.5. The maximum absolute atomic E-state index is 5.49. The fourth-order valence-corrected chi connectivity index (χ4v) is 3.32. The zero-order valence-electron chi connectivity index (χ0n) is 15.5. The molecule has 1 saturated heterocycles. The van der Waals surface area contributed by atoms with E-state index in [1.54, 1.807) is 6.33 Å². The summed E-state index contributed by atoms with van der Waals surface area (Å²) in [5, 5.41) is 11.7. The van der Waals surface area contributed by atoms with Crippen LogP contribution < -0.4 is 5.32 Å². The van der Waals surface area contributed by atoms with Crippen LogP contribution in [0.2, 0.25) is 0 Å². The zero-order chi connectivity index (χ0) is 18.5. The maximum atomic E-state index is 5.49. The van der Waals surface area contributed by atoms with E-state index in [9.17, 15) is 0 Å². The van der Waals surface area contributed by atoms with Gasteiger partial charge < -0.3 is 14.6 Å². The molecule has 3 aromatic rings. The first-order valence-corrected chi connectivity index (χ1v) is 9.36. The molecule has 4 rings (SSSR count). The summed E-state index contributed by atoms with van der Waals surface area (Å²) in [6.07, 6.45) is 3.75. The van der Waals surface area contributed by atoms with Gasteiger partial charge in [0.2, 0.25) is 0 Å². The second-order valence-electron chi connectivity index (χ2n) is 6.82. The van der Waals surface area contributed by atoms with Crippen LogP contribution in [-0.4, -0.2) is 37.9 Å². The van der Waals surface area contributed by atoms with Crippen molar-refractivity contribution in [3.8, 4) is 0 Å². The second kappa shape index (κ2) is 8.26. The van der Waals surface area contributed by atoms with Gasteiger partial charge in [-0.1, -0.05) is 30.3 Å². The van der Waals surface area contributed by atoms with E-state index in [4.69, 9.17) is 4.74 Å². The summed E-state index contributed by atoms with van der Waals surface area (Å²) in [6.45, 7) is 4.89. The number of nitrogens with zero attached hydrogens (tertiary/aromatic N) is 5. The van der Waals surface area contributed by atoms with E-state index in [2.05, 4.69) is 54.3 Å². The molecule has 0 spiro atoms. The van der Waals surface area contributed by atoms with Crippen molar-refractivity contribution in [2.24, 2.45) is 0 Å². The summed E-state index contributed by atoms with van der Waals surface area (Å²) >= 11 is 0. The van der Waals surface area contributed by atoms with Crippen LogP contribution in [0.5, 0.6) is 0 Å². The fraction of sp³-hybridized carbons (Fsp3) is 0.400. The number of hydrogen-bond donors (Lipinski definition) is 1. The zero-order valence-corrected chi connectivity index (χ0v) is 15.5. The largest absolute Gasteiger partial charge is 0.381 e. The maximum Gasteiger partial charge on any atom is 0.152 e. The molecule has 0 bridgehead atoms. The molecule has 7 nitrogen and oxygen atoms in total. The van der Waals surface area contributed by atoms with Gasteiger partial charge in [-0.3, -0.25) is 0 Å². The minimum Gasteiger partial charge on any atom is -0.381 e. The number of rotatable bonds is 7. The van der Waals surface area contributed by atoms with Crippen LogP contribution in [0.4, 0.5) is 5.82 Å². The van der Waals surface area contributed by atoms with Crippen molar-refractivity contribution in [3.63, 3.8) is 0 Å². The molecule has 140 valence electrons. The number of hydrogen-bond acceptors (Lipinski definition) is 6. The normalized spacial score (nSPS) is 16.6. The van der Waals surface area contributed by atoms with E-state index in [1.807, 2.05) is 19.1 Å². The predicted molar refractivity (Wildman–Crippen MR) is 102 cm³/mol. The molecule has 27 heavy (non-hydrogen) atoms. The van der Waals surface area contributed by atoms with Crippen molar-refractivity contribution in [2.75, 3.05) is 18.5 Å². The minimum atomic E-state index is 0.363. The Bertz CT molecular complexity index is 873. The van der Waals surface area contributed by atoms with E-state index in [0.717, 1.165) is 55.8 Å². The Morgan fingerprint density at radius 1 is 1.22 bits per heavy atom. The SMILES string of the molecule is Cc1nc(NCc2nncn2CCc2ccccc2)cc(C2CCOC2)n1. The second-order valence-corrected chi connectivity index (χ2v) is 6.82. The van der Waals surface area contributed by atoms with Gasteiger partial charge >= 0.3 is 0 Å². The van der Waals surface area contributed by atoms with Crippen molar-refractivity contribution < 1.29 is 4.74 Å². The van der Waals surface area contributed by atoms with E-state index in [-0.39, 0.29) is 0 Å². The van der Waals surface area contributed by atoms with E-state index < -0.39 is 0 Å². The Balaban J connectivity index is 1.40. The summed E-state index contributed by atoms with van der Waals surface area (Å²) in [7, 11) is 0. The molecule has 0 saturated carbocycles. The van der Waals surface area contributed by atoms with Gasteiger partial charge in [-0.05, 0) is 25.3 Å². The number of nitrogens with one attached hydrogen (secondary N) is 1. The van der Waals surface area contributed by atoms with Crippen molar-refractivity contribution in [2.45, 2.75) is 38.8 Å². The topological polar surface area (TPSA) is 77.8 Å². The molecule has 1 fully saturated rings. The molecule has 1 atom stereocenters. The lowest BCUT2D eigenvalue weighted by molar-refractivity contribution is 0.193. The van der Waals surface area contributed by atoms with Crippen molar-refractivity contribution in [1.29, 1.82) is 0 Å². The van der Waals surface area contributed by atoms with E-state index in [1.165, 1.54) is 5.56 Å². The van der Waals surface area contributed by atoms with Gasteiger partial charge in [0, 0.05) is 25.1 Å². The number of anilines is 1. The Morgan fingerprint density at radius 3 is 2.93 bits per heavy atom. The molecule has 7 heteroatoms. The molecule has 1 aliphatic rings. The highest BCUT2D eigenvalue weighted by Crippen LogP contribution is 2.25. The molecule has 3 heterocycles. The average molecular weight is 364 g/mol. The van der Waals surface area contributed by atoms with Crippen LogP contribution in [0.3, 0.4) is 0 Å². The summed E-state index contributed by atoms with van der Waals surface area (Å²) in [5.74, 6) is 2.85. The van der Waals surface area contributed by atoms with Gasteiger partial charge in [0.1, 0.15) is 18.0 Å². The fourth-order valence-electron chi connectivity index (χ4n) is 3.32. The van der Waals surface area contributed by atoms with Gasteiger partial charge in [-0.15, -0.1) is 10.2 Å². The van der Waals surface area contributed by atoms with Gasteiger partial charge in [0.25, 0.3) is 0 Å². The van der Waals surface area contributed by atoms with E-state index in [0.29, 0.717) is 12.5 Å².